The van der Waals surface area contributed by atoms with E-state index < -0.39 is 0 Å². The molecule has 0 saturated carbocycles. The lowest BCUT2D eigenvalue weighted by Crippen LogP contribution is -1.98. The molecule has 2 aromatic rings. The van der Waals surface area contributed by atoms with Crippen LogP contribution in [0.4, 0.5) is 0 Å². The minimum Gasteiger partial charge on any atom is -0.392 e. The van der Waals surface area contributed by atoms with Crippen LogP contribution in [0.2, 0.25) is 0 Å². The standard InChI is InChI=1S/C17H20O3S/c1-2-16(20)17-8-13(11-21-17)4-3-12-5-6-14(9-18)15(7-12)10-19/h5-8,11,18-19H,2-4,9-10H2,1H3. The van der Waals surface area contributed by atoms with Gasteiger partial charge in [-0.1, -0.05) is 25.1 Å². The molecule has 0 aliphatic carbocycles. The molecule has 1 heterocycles. The van der Waals surface area contributed by atoms with E-state index in [-0.39, 0.29) is 19.0 Å². The van der Waals surface area contributed by atoms with Gasteiger partial charge in [-0.3, -0.25) is 4.79 Å². The third-order valence-corrected chi connectivity index (χ3v) is 4.58. The maximum atomic E-state index is 11.6. The van der Waals surface area contributed by atoms with Crippen LogP contribution in [0.25, 0.3) is 0 Å². The summed E-state index contributed by atoms with van der Waals surface area (Å²) in [6.07, 6.45) is 2.27. The summed E-state index contributed by atoms with van der Waals surface area (Å²) in [4.78, 5) is 12.4. The summed E-state index contributed by atoms with van der Waals surface area (Å²) in [7, 11) is 0. The summed E-state index contributed by atoms with van der Waals surface area (Å²) >= 11 is 1.51. The summed E-state index contributed by atoms with van der Waals surface area (Å²) in [6.45, 7) is 1.77. The number of benzene rings is 1. The molecule has 0 aliphatic rings. The molecule has 2 N–H and O–H groups in total. The van der Waals surface area contributed by atoms with Crippen LogP contribution in [0, 0.1) is 0 Å². The van der Waals surface area contributed by atoms with Crippen molar-refractivity contribution in [2.75, 3.05) is 0 Å². The number of carbonyl (C=O) groups excluding carboxylic acids is 1. The van der Waals surface area contributed by atoms with Crippen molar-refractivity contribution < 1.29 is 15.0 Å². The highest BCUT2D eigenvalue weighted by Gasteiger charge is 2.08. The van der Waals surface area contributed by atoms with E-state index in [1.54, 1.807) is 0 Å². The number of aliphatic hydroxyl groups is 2. The van der Waals surface area contributed by atoms with Crippen molar-refractivity contribution in [1.29, 1.82) is 0 Å². The van der Waals surface area contributed by atoms with Gasteiger partial charge in [-0.2, -0.15) is 0 Å². The first-order valence-corrected chi connectivity index (χ1v) is 7.98. The molecule has 3 nitrogen and oxygen atoms in total. The van der Waals surface area contributed by atoms with Crippen LogP contribution in [0.3, 0.4) is 0 Å². The van der Waals surface area contributed by atoms with Crippen LogP contribution in [0.15, 0.2) is 29.6 Å². The molecular formula is C17H20O3S. The average molecular weight is 304 g/mol. The van der Waals surface area contributed by atoms with E-state index in [4.69, 9.17) is 0 Å². The first kappa shape index (κ1) is 15.9. The molecule has 0 unspecified atom stereocenters. The molecule has 0 saturated heterocycles. The molecule has 0 bridgehead atoms. The monoisotopic (exact) mass is 304 g/mol. The number of hydrogen-bond donors (Lipinski definition) is 2. The highest BCUT2D eigenvalue weighted by Crippen LogP contribution is 2.19. The maximum absolute atomic E-state index is 11.6. The van der Waals surface area contributed by atoms with Crippen LogP contribution in [0.5, 0.6) is 0 Å². The zero-order chi connectivity index (χ0) is 15.2. The summed E-state index contributed by atoms with van der Waals surface area (Å²) < 4.78 is 0. The Balaban J connectivity index is 2.02. The normalized spacial score (nSPS) is 10.8. The van der Waals surface area contributed by atoms with Crippen molar-refractivity contribution in [2.24, 2.45) is 0 Å². The predicted molar refractivity (Wildman–Crippen MR) is 84.6 cm³/mol. The van der Waals surface area contributed by atoms with Crippen molar-refractivity contribution in [3.8, 4) is 0 Å². The molecule has 0 spiro atoms. The maximum Gasteiger partial charge on any atom is 0.172 e. The van der Waals surface area contributed by atoms with Gasteiger partial charge in [-0.05, 0) is 46.5 Å². The fourth-order valence-electron chi connectivity index (χ4n) is 2.25. The van der Waals surface area contributed by atoms with E-state index in [0.717, 1.165) is 34.4 Å². The molecule has 0 aliphatic heterocycles. The van der Waals surface area contributed by atoms with E-state index >= 15 is 0 Å². The molecule has 112 valence electrons. The van der Waals surface area contributed by atoms with Crippen LogP contribution in [-0.2, 0) is 26.1 Å². The van der Waals surface area contributed by atoms with Crippen molar-refractivity contribution in [3.05, 3.63) is 56.8 Å². The van der Waals surface area contributed by atoms with Gasteiger partial charge in [0.05, 0.1) is 18.1 Å². The first-order chi connectivity index (χ1) is 10.2. The Bertz CT molecular complexity index is 616. The summed E-state index contributed by atoms with van der Waals surface area (Å²) in [5.74, 6) is 0.195. The molecule has 0 atom stereocenters. The van der Waals surface area contributed by atoms with Gasteiger partial charge in [0.25, 0.3) is 0 Å². The number of ketones is 1. The lowest BCUT2D eigenvalue weighted by Gasteiger charge is -2.07. The Hall–Kier alpha value is -1.49. The molecule has 1 aromatic heterocycles. The number of hydrogen-bond acceptors (Lipinski definition) is 4. The number of aliphatic hydroxyl groups excluding tert-OH is 2. The molecule has 0 radical (unpaired) electrons. The molecular weight excluding hydrogens is 284 g/mol. The van der Waals surface area contributed by atoms with E-state index in [2.05, 4.69) is 0 Å². The Labute approximate surface area is 128 Å². The SMILES string of the molecule is CCC(=O)c1cc(CCc2ccc(CO)c(CO)c2)cs1. The summed E-state index contributed by atoms with van der Waals surface area (Å²) in [5.41, 5.74) is 3.86. The van der Waals surface area contributed by atoms with Crippen molar-refractivity contribution >= 4 is 17.1 Å². The minimum atomic E-state index is -0.0582. The molecule has 0 fully saturated rings. The van der Waals surface area contributed by atoms with Crippen LogP contribution >= 0.6 is 11.3 Å². The van der Waals surface area contributed by atoms with Gasteiger partial charge in [0.15, 0.2) is 5.78 Å². The van der Waals surface area contributed by atoms with Gasteiger partial charge < -0.3 is 10.2 Å². The van der Waals surface area contributed by atoms with E-state index in [0.29, 0.717) is 6.42 Å². The Morgan fingerprint density at radius 2 is 1.76 bits per heavy atom. The van der Waals surface area contributed by atoms with E-state index in [1.165, 1.54) is 16.9 Å². The Kier molecular flexibility index (Phi) is 5.67. The average Bonchev–Trinajstić information content (AvgIpc) is 3.00. The lowest BCUT2D eigenvalue weighted by atomic mass is 10.0. The van der Waals surface area contributed by atoms with Gasteiger partial charge in [0.1, 0.15) is 0 Å². The van der Waals surface area contributed by atoms with Crippen molar-refractivity contribution in [2.45, 2.75) is 39.4 Å². The zero-order valence-electron chi connectivity index (χ0n) is 12.1. The Morgan fingerprint density at radius 3 is 2.43 bits per heavy atom. The molecule has 2 rings (SSSR count). The summed E-state index contributed by atoms with van der Waals surface area (Å²) in [6, 6.07) is 7.76. The van der Waals surface area contributed by atoms with Crippen molar-refractivity contribution in [1.82, 2.24) is 0 Å². The van der Waals surface area contributed by atoms with Crippen LogP contribution in [-0.4, -0.2) is 16.0 Å². The van der Waals surface area contributed by atoms with Crippen LogP contribution < -0.4 is 0 Å². The number of rotatable bonds is 7. The number of aryl methyl sites for hydroxylation is 2. The molecule has 21 heavy (non-hydrogen) atoms. The topological polar surface area (TPSA) is 57.5 Å². The predicted octanol–water partition coefficient (Wildman–Crippen LogP) is 3.11. The van der Waals surface area contributed by atoms with E-state index in [9.17, 15) is 15.0 Å². The third-order valence-electron chi connectivity index (χ3n) is 3.56. The van der Waals surface area contributed by atoms with Gasteiger partial charge in [-0.15, -0.1) is 11.3 Å². The fourth-order valence-corrected chi connectivity index (χ4v) is 3.21. The van der Waals surface area contributed by atoms with Gasteiger partial charge >= 0.3 is 0 Å². The van der Waals surface area contributed by atoms with E-state index in [1.807, 2.05) is 36.6 Å². The Morgan fingerprint density at radius 1 is 1.05 bits per heavy atom. The highest BCUT2D eigenvalue weighted by molar-refractivity contribution is 7.12. The van der Waals surface area contributed by atoms with Gasteiger partial charge in [-0.25, -0.2) is 0 Å². The fraction of sp³-hybridized carbons (Fsp3) is 0.353. The number of carbonyl (C=O) groups is 1. The summed E-state index contributed by atoms with van der Waals surface area (Å²) in [5, 5.41) is 20.5. The highest BCUT2D eigenvalue weighted by atomic mass is 32.1. The lowest BCUT2D eigenvalue weighted by molar-refractivity contribution is 0.0992. The number of thiophene rings is 1. The molecule has 1 aromatic carbocycles. The van der Waals surface area contributed by atoms with Crippen LogP contribution in [0.1, 0.15) is 45.3 Å². The van der Waals surface area contributed by atoms with Gasteiger partial charge in [0.2, 0.25) is 0 Å². The quantitative estimate of drug-likeness (QED) is 0.773. The second-order valence-corrected chi connectivity index (χ2v) is 5.93. The third kappa shape index (κ3) is 4.00. The minimum absolute atomic E-state index is 0.0524. The zero-order valence-corrected chi connectivity index (χ0v) is 12.9. The van der Waals surface area contributed by atoms with Gasteiger partial charge in [0, 0.05) is 6.42 Å². The van der Waals surface area contributed by atoms with Crippen molar-refractivity contribution in [3.63, 3.8) is 0 Å². The number of Topliss-reactive ketones (excluding diaryl/α,β-unsaturated/α-hetero) is 1. The molecule has 4 heteroatoms. The second-order valence-electron chi connectivity index (χ2n) is 5.02. The second kappa shape index (κ2) is 7.50. The molecule has 0 amide bonds. The smallest absolute Gasteiger partial charge is 0.172 e. The largest absolute Gasteiger partial charge is 0.392 e. The first-order valence-electron chi connectivity index (χ1n) is 7.11.